The van der Waals surface area contributed by atoms with Gasteiger partial charge in [0.1, 0.15) is 11.6 Å². The van der Waals surface area contributed by atoms with Crippen molar-refractivity contribution in [3.63, 3.8) is 0 Å². The molecule has 0 amide bonds. The van der Waals surface area contributed by atoms with Gasteiger partial charge < -0.3 is 9.47 Å². The zero-order valence-corrected chi connectivity index (χ0v) is 12.9. The molecule has 0 fully saturated rings. The van der Waals surface area contributed by atoms with Crippen molar-refractivity contribution in [2.75, 3.05) is 13.7 Å². The van der Waals surface area contributed by atoms with E-state index >= 15 is 0 Å². The number of fused-ring (bicyclic) bond motifs is 1. The van der Waals surface area contributed by atoms with Crippen molar-refractivity contribution in [3.05, 3.63) is 46.4 Å². The van der Waals surface area contributed by atoms with Crippen molar-refractivity contribution in [2.45, 2.75) is 6.42 Å². The van der Waals surface area contributed by atoms with Crippen LogP contribution in [0.3, 0.4) is 0 Å². The van der Waals surface area contributed by atoms with Crippen LogP contribution in [-0.4, -0.2) is 33.0 Å². The summed E-state index contributed by atoms with van der Waals surface area (Å²) < 4.78 is 14.9. The molecular formula is C14H12N4O4S. The van der Waals surface area contributed by atoms with Crippen LogP contribution in [0.15, 0.2) is 30.5 Å². The normalized spacial score (nSPS) is 10.8. The van der Waals surface area contributed by atoms with Crippen molar-refractivity contribution in [1.29, 1.82) is 0 Å². The Bertz CT molecular complexity index is 852. The average molecular weight is 332 g/mol. The second kappa shape index (κ2) is 6.63. The fourth-order valence-electron chi connectivity index (χ4n) is 2.04. The Labute approximate surface area is 135 Å². The lowest BCUT2D eigenvalue weighted by molar-refractivity contribution is -0.383. The first-order chi connectivity index (χ1) is 11.2. The molecule has 0 spiro atoms. The van der Waals surface area contributed by atoms with E-state index in [9.17, 15) is 10.1 Å². The van der Waals surface area contributed by atoms with E-state index in [-0.39, 0.29) is 11.2 Å². The number of nitro benzene ring substituents is 1. The molecular weight excluding hydrogens is 320 g/mol. The molecule has 0 radical (unpaired) electrons. The number of nitrogens with zero attached hydrogens (tertiary/aromatic N) is 4. The first-order valence-electron chi connectivity index (χ1n) is 6.70. The number of nitro groups is 1. The molecule has 118 valence electrons. The summed E-state index contributed by atoms with van der Waals surface area (Å²) in [4.78, 5) is 19.0. The highest BCUT2D eigenvalue weighted by Crippen LogP contribution is 2.34. The van der Waals surface area contributed by atoms with Gasteiger partial charge in [0.05, 0.1) is 16.9 Å². The van der Waals surface area contributed by atoms with E-state index in [1.165, 1.54) is 12.3 Å². The van der Waals surface area contributed by atoms with Gasteiger partial charge in [0, 0.05) is 37.3 Å². The minimum Gasteiger partial charge on any atom is -0.429 e. The lowest BCUT2D eigenvalue weighted by Crippen LogP contribution is -1.96. The maximum Gasteiger partial charge on any atom is 0.298 e. The number of methoxy groups -OCH3 is 1. The Hall–Kier alpha value is -2.65. The third-order valence-corrected chi connectivity index (χ3v) is 3.71. The fraction of sp³-hybridized carbons (Fsp3) is 0.214. The van der Waals surface area contributed by atoms with Crippen LogP contribution in [0.1, 0.15) is 5.82 Å². The Morgan fingerprint density at radius 1 is 1.35 bits per heavy atom. The first-order valence-corrected chi connectivity index (χ1v) is 7.48. The number of rotatable bonds is 6. The van der Waals surface area contributed by atoms with Crippen LogP contribution in [0.2, 0.25) is 0 Å². The second-order valence-corrected chi connectivity index (χ2v) is 5.28. The highest BCUT2D eigenvalue weighted by atomic mass is 32.1. The summed E-state index contributed by atoms with van der Waals surface area (Å²) in [6.07, 6.45) is 2.10. The SMILES string of the molecule is COCCc1nsc(Oc2ccc([N+](=O)[O-])c3ncccc23)n1. The lowest BCUT2D eigenvalue weighted by Gasteiger charge is -2.05. The monoisotopic (exact) mass is 332 g/mol. The number of hydrogen-bond acceptors (Lipinski definition) is 8. The van der Waals surface area contributed by atoms with Crippen LogP contribution < -0.4 is 4.74 Å². The van der Waals surface area contributed by atoms with E-state index in [4.69, 9.17) is 9.47 Å². The topological polar surface area (TPSA) is 100 Å². The molecule has 23 heavy (non-hydrogen) atoms. The van der Waals surface area contributed by atoms with Gasteiger partial charge >= 0.3 is 0 Å². The van der Waals surface area contributed by atoms with Crippen LogP contribution in [0.5, 0.6) is 10.9 Å². The molecule has 0 saturated heterocycles. The predicted molar refractivity (Wildman–Crippen MR) is 84.0 cm³/mol. The van der Waals surface area contributed by atoms with E-state index in [1.807, 2.05) is 0 Å². The minimum absolute atomic E-state index is 0.0639. The quantitative estimate of drug-likeness (QED) is 0.505. The van der Waals surface area contributed by atoms with Crippen molar-refractivity contribution in [1.82, 2.24) is 14.3 Å². The van der Waals surface area contributed by atoms with Crippen molar-refractivity contribution in [2.24, 2.45) is 0 Å². The second-order valence-electron chi connectivity index (χ2n) is 4.56. The maximum atomic E-state index is 11.1. The molecule has 0 aliphatic rings. The number of pyridine rings is 1. The molecule has 0 aliphatic carbocycles. The Morgan fingerprint density at radius 3 is 3.00 bits per heavy atom. The summed E-state index contributed by atoms with van der Waals surface area (Å²) >= 11 is 1.12. The van der Waals surface area contributed by atoms with Crippen molar-refractivity contribution >= 4 is 28.1 Å². The number of ether oxygens (including phenoxy) is 2. The smallest absolute Gasteiger partial charge is 0.298 e. The molecule has 0 N–H and O–H groups in total. The van der Waals surface area contributed by atoms with Gasteiger partial charge in [-0.1, -0.05) is 0 Å². The van der Waals surface area contributed by atoms with E-state index in [0.29, 0.717) is 35.2 Å². The summed E-state index contributed by atoms with van der Waals surface area (Å²) in [5.74, 6) is 1.09. The van der Waals surface area contributed by atoms with Gasteiger partial charge in [-0.25, -0.2) is 4.98 Å². The molecule has 0 aliphatic heterocycles. The van der Waals surface area contributed by atoms with Crippen molar-refractivity contribution in [3.8, 4) is 10.9 Å². The minimum atomic E-state index is -0.465. The summed E-state index contributed by atoms with van der Waals surface area (Å²) in [6, 6.07) is 6.33. The average Bonchev–Trinajstić information content (AvgIpc) is 3.00. The molecule has 8 nitrogen and oxygen atoms in total. The highest BCUT2D eigenvalue weighted by Gasteiger charge is 2.17. The van der Waals surface area contributed by atoms with E-state index in [0.717, 1.165) is 11.5 Å². The summed E-state index contributed by atoms with van der Waals surface area (Å²) in [7, 11) is 1.61. The van der Waals surface area contributed by atoms with Gasteiger partial charge in [-0.15, -0.1) is 0 Å². The van der Waals surface area contributed by atoms with Gasteiger partial charge in [0.15, 0.2) is 5.52 Å². The number of non-ortho nitro benzene ring substituents is 1. The summed E-state index contributed by atoms with van der Waals surface area (Å²) in [5, 5.41) is 12.0. The highest BCUT2D eigenvalue weighted by molar-refractivity contribution is 7.07. The molecule has 0 atom stereocenters. The first kappa shape index (κ1) is 15.3. The van der Waals surface area contributed by atoms with Gasteiger partial charge in [-0.2, -0.15) is 9.36 Å². The molecule has 0 saturated carbocycles. The van der Waals surface area contributed by atoms with Crippen molar-refractivity contribution < 1.29 is 14.4 Å². The third kappa shape index (κ3) is 3.25. The van der Waals surface area contributed by atoms with Gasteiger partial charge in [0.25, 0.3) is 10.9 Å². The number of aromatic nitrogens is 3. The zero-order valence-electron chi connectivity index (χ0n) is 12.1. The van der Waals surface area contributed by atoms with E-state index in [2.05, 4.69) is 14.3 Å². The number of benzene rings is 1. The predicted octanol–water partition coefficient (Wildman–Crippen LogP) is 2.98. The zero-order chi connectivity index (χ0) is 16.2. The van der Waals surface area contributed by atoms with Crippen LogP contribution >= 0.6 is 11.5 Å². The Morgan fingerprint density at radius 2 is 2.22 bits per heavy atom. The maximum absolute atomic E-state index is 11.1. The third-order valence-electron chi connectivity index (χ3n) is 3.08. The molecule has 1 aromatic carbocycles. The van der Waals surface area contributed by atoms with Gasteiger partial charge in [0.2, 0.25) is 0 Å². The van der Waals surface area contributed by atoms with Gasteiger partial charge in [-0.3, -0.25) is 10.1 Å². The molecule has 0 unspecified atom stereocenters. The van der Waals surface area contributed by atoms with Gasteiger partial charge in [-0.05, 0) is 18.2 Å². The lowest BCUT2D eigenvalue weighted by atomic mass is 10.2. The van der Waals surface area contributed by atoms with Crippen LogP contribution in [0.4, 0.5) is 5.69 Å². The Balaban J connectivity index is 1.93. The Kier molecular flexibility index (Phi) is 4.40. The molecule has 0 bridgehead atoms. The van der Waals surface area contributed by atoms with Crippen LogP contribution in [0, 0.1) is 10.1 Å². The standard InChI is InChI=1S/C14H12N4O4S/c1-21-8-6-12-16-14(23-17-12)22-11-5-4-10(18(19)20)13-9(11)3-2-7-15-13/h2-5,7H,6,8H2,1H3. The van der Waals surface area contributed by atoms with E-state index < -0.39 is 4.92 Å². The van der Waals surface area contributed by atoms with Crippen LogP contribution in [-0.2, 0) is 11.2 Å². The van der Waals surface area contributed by atoms with E-state index in [1.54, 1.807) is 25.3 Å². The molecule has 9 heteroatoms. The molecule has 2 heterocycles. The number of hydrogen-bond donors (Lipinski definition) is 0. The largest absolute Gasteiger partial charge is 0.429 e. The molecule has 2 aromatic heterocycles. The van der Waals surface area contributed by atoms with Crippen LogP contribution in [0.25, 0.3) is 10.9 Å². The molecule has 3 aromatic rings. The fourth-order valence-corrected chi connectivity index (χ4v) is 2.63. The molecule has 3 rings (SSSR count). The summed E-state index contributed by atoms with van der Waals surface area (Å²) in [5.41, 5.74) is 0.213. The summed E-state index contributed by atoms with van der Waals surface area (Å²) in [6.45, 7) is 0.528.